The SMILES string of the molecule is O=C(c1cccc(C(F)(F)F)c1F)N1CCC(Cl)CC1. The van der Waals surface area contributed by atoms with Crippen molar-refractivity contribution < 1.29 is 22.4 Å². The van der Waals surface area contributed by atoms with E-state index < -0.39 is 29.0 Å². The zero-order valence-electron chi connectivity index (χ0n) is 10.4. The van der Waals surface area contributed by atoms with Crippen molar-refractivity contribution in [1.82, 2.24) is 4.90 Å². The van der Waals surface area contributed by atoms with Crippen molar-refractivity contribution in [2.24, 2.45) is 0 Å². The van der Waals surface area contributed by atoms with Gasteiger partial charge in [-0.3, -0.25) is 4.79 Å². The van der Waals surface area contributed by atoms with E-state index in [9.17, 15) is 22.4 Å². The largest absolute Gasteiger partial charge is 0.419 e. The van der Waals surface area contributed by atoms with E-state index in [1.165, 1.54) is 4.90 Å². The van der Waals surface area contributed by atoms with Crippen LogP contribution in [0.1, 0.15) is 28.8 Å². The van der Waals surface area contributed by atoms with Crippen molar-refractivity contribution in [2.75, 3.05) is 13.1 Å². The first-order valence-electron chi connectivity index (χ1n) is 6.09. The lowest BCUT2D eigenvalue weighted by molar-refractivity contribution is -0.140. The Bertz CT molecular complexity index is 510. The number of nitrogens with zero attached hydrogens (tertiary/aromatic N) is 1. The van der Waals surface area contributed by atoms with Crippen LogP contribution in [0.5, 0.6) is 0 Å². The molecule has 20 heavy (non-hydrogen) atoms. The molecular weight excluding hydrogens is 298 g/mol. The quantitative estimate of drug-likeness (QED) is 0.572. The fraction of sp³-hybridized carbons (Fsp3) is 0.462. The summed E-state index contributed by atoms with van der Waals surface area (Å²) in [5, 5.41) is -0.0505. The molecule has 0 aromatic heterocycles. The van der Waals surface area contributed by atoms with Crippen LogP contribution in [0.15, 0.2) is 18.2 Å². The summed E-state index contributed by atoms with van der Waals surface area (Å²) in [6.45, 7) is 0.644. The van der Waals surface area contributed by atoms with Crippen molar-refractivity contribution in [1.29, 1.82) is 0 Å². The van der Waals surface area contributed by atoms with E-state index in [-0.39, 0.29) is 5.38 Å². The number of alkyl halides is 4. The third-order valence-electron chi connectivity index (χ3n) is 3.25. The van der Waals surface area contributed by atoms with E-state index in [1.54, 1.807) is 0 Å². The van der Waals surface area contributed by atoms with Crippen LogP contribution in [0.25, 0.3) is 0 Å². The van der Waals surface area contributed by atoms with E-state index in [0.29, 0.717) is 32.0 Å². The Morgan fingerprint density at radius 1 is 1.25 bits per heavy atom. The highest BCUT2D eigenvalue weighted by Crippen LogP contribution is 2.32. The lowest BCUT2D eigenvalue weighted by atomic mass is 10.1. The van der Waals surface area contributed by atoms with Crippen LogP contribution < -0.4 is 0 Å². The predicted molar refractivity (Wildman–Crippen MR) is 66.2 cm³/mol. The third-order valence-corrected chi connectivity index (χ3v) is 3.68. The summed E-state index contributed by atoms with van der Waals surface area (Å²) in [7, 11) is 0. The standard InChI is InChI=1S/C13H12ClF4NO/c14-8-4-6-19(7-5-8)12(20)9-2-1-3-10(11(9)15)13(16,17)18/h1-3,8H,4-7H2. The van der Waals surface area contributed by atoms with E-state index >= 15 is 0 Å². The summed E-state index contributed by atoms with van der Waals surface area (Å²) in [6.07, 6.45) is -3.72. The first-order valence-corrected chi connectivity index (χ1v) is 6.53. The van der Waals surface area contributed by atoms with Gasteiger partial charge in [0.15, 0.2) is 0 Å². The molecule has 0 atom stereocenters. The van der Waals surface area contributed by atoms with Crippen LogP contribution >= 0.6 is 11.6 Å². The Labute approximate surface area is 118 Å². The summed E-state index contributed by atoms with van der Waals surface area (Å²) in [5.41, 5.74) is -1.97. The zero-order chi connectivity index (χ0) is 14.9. The van der Waals surface area contributed by atoms with Crippen LogP contribution in [0.3, 0.4) is 0 Å². The fourth-order valence-electron chi connectivity index (χ4n) is 2.14. The van der Waals surface area contributed by atoms with Gasteiger partial charge in [0, 0.05) is 18.5 Å². The molecule has 0 aliphatic carbocycles. The molecule has 1 fully saturated rings. The van der Waals surface area contributed by atoms with Gasteiger partial charge in [0.05, 0.1) is 11.1 Å². The minimum absolute atomic E-state index is 0.0505. The Hall–Kier alpha value is -1.30. The van der Waals surface area contributed by atoms with Gasteiger partial charge < -0.3 is 4.90 Å². The first-order chi connectivity index (χ1) is 9.30. The molecule has 1 amide bonds. The number of likely N-dealkylation sites (tertiary alicyclic amines) is 1. The second kappa shape index (κ2) is 5.60. The molecule has 0 unspecified atom stereocenters. The van der Waals surface area contributed by atoms with E-state index in [2.05, 4.69) is 0 Å². The molecule has 0 radical (unpaired) electrons. The normalized spacial score (nSPS) is 17.4. The van der Waals surface area contributed by atoms with Gasteiger partial charge >= 0.3 is 6.18 Å². The van der Waals surface area contributed by atoms with Crippen molar-refractivity contribution in [3.63, 3.8) is 0 Å². The monoisotopic (exact) mass is 309 g/mol. The number of hydrogen-bond donors (Lipinski definition) is 0. The molecule has 1 heterocycles. The molecule has 1 saturated heterocycles. The fourth-order valence-corrected chi connectivity index (χ4v) is 2.33. The number of rotatable bonds is 1. The van der Waals surface area contributed by atoms with Gasteiger partial charge in [-0.15, -0.1) is 11.6 Å². The molecule has 0 saturated carbocycles. The van der Waals surface area contributed by atoms with Crippen LogP contribution in [0.4, 0.5) is 17.6 Å². The lowest BCUT2D eigenvalue weighted by Crippen LogP contribution is -2.39. The Morgan fingerprint density at radius 3 is 2.40 bits per heavy atom. The summed E-state index contributed by atoms with van der Waals surface area (Å²) in [5.74, 6) is -2.24. The topological polar surface area (TPSA) is 20.3 Å². The molecule has 110 valence electrons. The Morgan fingerprint density at radius 2 is 1.85 bits per heavy atom. The smallest absolute Gasteiger partial charge is 0.338 e. The van der Waals surface area contributed by atoms with Crippen LogP contribution in [0.2, 0.25) is 0 Å². The highest BCUT2D eigenvalue weighted by molar-refractivity contribution is 6.20. The summed E-state index contributed by atoms with van der Waals surface area (Å²) in [4.78, 5) is 13.4. The predicted octanol–water partition coefficient (Wildman–Crippen LogP) is 3.69. The van der Waals surface area contributed by atoms with Crippen molar-refractivity contribution in [3.05, 3.63) is 35.1 Å². The number of carbonyl (C=O) groups excluding carboxylic acids is 1. The van der Waals surface area contributed by atoms with Crippen LogP contribution in [-0.2, 0) is 6.18 Å². The number of hydrogen-bond acceptors (Lipinski definition) is 1. The first kappa shape index (κ1) is 15.1. The van der Waals surface area contributed by atoms with Gasteiger partial charge in [0.25, 0.3) is 5.91 Å². The van der Waals surface area contributed by atoms with Crippen molar-refractivity contribution >= 4 is 17.5 Å². The van der Waals surface area contributed by atoms with Gasteiger partial charge in [-0.25, -0.2) is 4.39 Å². The number of piperidine rings is 1. The average molecular weight is 310 g/mol. The van der Waals surface area contributed by atoms with Gasteiger partial charge in [-0.2, -0.15) is 13.2 Å². The lowest BCUT2D eigenvalue weighted by Gasteiger charge is -2.29. The van der Waals surface area contributed by atoms with E-state index in [0.717, 1.165) is 12.1 Å². The minimum atomic E-state index is -4.82. The zero-order valence-corrected chi connectivity index (χ0v) is 11.1. The van der Waals surface area contributed by atoms with E-state index in [4.69, 9.17) is 11.6 Å². The third kappa shape index (κ3) is 3.06. The number of halogens is 5. The molecule has 0 N–H and O–H groups in total. The molecule has 1 aromatic carbocycles. The molecule has 0 spiro atoms. The maximum Gasteiger partial charge on any atom is 0.419 e. The van der Waals surface area contributed by atoms with E-state index in [1.807, 2.05) is 0 Å². The maximum atomic E-state index is 13.9. The molecule has 0 bridgehead atoms. The van der Waals surface area contributed by atoms with Crippen molar-refractivity contribution in [2.45, 2.75) is 24.4 Å². The summed E-state index contributed by atoms with van der Waals surface area (Å²) < 4.78 is 51.7. The number of benzene rings is 1. The number of carbonyl (C=O) groups is 1. The molecule has 2 nitrogen and oxygen atoms in total. The summed E-state index contributed by atoms with van der Waals surface area (Å²) in [6, 6.07) is 2.73. The minimum Gasteiger partial charge on any atom is -0.338 e. The Balaban J connectivity index is 2.27. The van der Waals surface area contributed by atoms with Gasteiger partial charge in [0.1, 0.15) is 5.82 Å². The highest BCUT2D eigenvalue weighted by atomic mass is 35.5. The average Bonchev–Trinajstić information content (AvgIpc) is 2.37. The molecular formula is C13H12ClF4NO. The molecule has 7 heteroatoms. The van der Waals surface area contributed by atoms with Gasteiger partial charge in [0.2, 0.25) is 0 Å². The van der Waals surface area contributed by atoms with Crippen molar-refractivity contribution in [3.8, 4) is 0 Å². The van der Waals surface area contributed by atoms with Gasteiger partial charge in [-0.1, -0.05) is 6.07 Å². The molecule has 1 aromatic rings. The molecule has 1 aliphatic heterocycles. The van der Waals surface area contributed by atoms with Gasteiger partial charge in [-0.05, 0) is 25.0 Å². The highest BCUT2D eigenvalue weighted by Gasteiger charge is 2.36. The Kier molecular flexibility index (Phi) is 4.22. The second-order valence-corrected chi connectivity index (χ2v) is 5.25. The molecule has 1 aliphatic rings. The number of amides is 1. The van der Waals surface area contributed by atoms with Crippen LogP contribution in [0, 0.1) is 5.82 Å². The maximum absolute atomic E-state index is 13.9. The summed E-state index contributed by atoms with van der Waals surface area (Å²) >= 11 is 5.89. The second-order valence-electron chi connectivity index (χ2n) is 4.63. The molecule has 2 rings (SSSR count). The van der Waals surface area contributed by atoms with Crippen LogP contribution in [-0.4, -0.2) is 29.3 Å².